The first kappa shape index (κ1) is 26.0. The fourth-order valence-electron chi connectivity index (χ4n) is 3.81. The van der Waals surface area contributed by atoms with Gasteiger partial charge < -0.3 is 19.2 Å². The van der Waals surface area contributed by atoms with Crippen molar-refractivity contribution in [3.8, 4) is 16.9 Å². The number of ether oxygens (including phenoxy) is 2. The topological polar surface area (TPSA) is 94.8 Å². The van der Waals surface area contributed by atoms with Crippen molar-refractivity contribution >= 4 is 34.6 Å². The number of unbranched alkanes of at least 4 members (excludes halogenated alkanes) is 2. The molecular weight excluding hydrogens is 494 g/mol. The summed E-state index contributed by atoms with van der Waals surface area (Å²) < 4.78 is 15.9. The summed E-state index contributed by atoms with van der Waals surface area (Å²) in [5.41, 5.74) is 2.22. The number of nitrogens with one attached hydrogen (secondary N) is 1. The Labute approximate surface area is 219 Å². The van der Waals surface area contributed by atoms with Gasteiger partial charge in [-0.2, -0.15) is 0 Å². The Bertz CT molecular complexity index is 1420. The molecule has 8 heteroatoms. The summed E-state index contributed by atoms with van der Waals surface area (Å²) >= 11 is 6.39. The van der Waals surface area contributed by atoms with Crippen molar-refractivity contribution < 1.29 is 23.5 Å². The van der Waals surface area contributed by atoms with Crippen LogP contribution in [0.5, 0.6) is 5.75 Å². The Morgan fingerprint density at radius 1 is 0.892 bits per heavy atom. The van der Waals surface area contributed by atoms with E-state index in [1.165, 1.54) is 12.1 Å². The maximum atomic E-state index is 12.4. The number of hydrogen-bond donors (Lipinski definition) is 1. The molecule has 0 saturated carbocycles. The second-order valence-electron chi connectivity index (χ2n) is 8.40. The first-order valence-corrected chi connectivity index (χ1v) is 12.4. The molecule has 0 atom stereocenters. The highest BCUT2D eigenvalue weighted by Crippen LogP contribution is 2.35. The van der Waals surface area contributed by atoms with Crippen LogP contribution in [0.1, 0.15) is 31.2 Å². The van der Waals surface area contributed by atoms with E-state index >= 15 is 0 Å². The summed E-state index contributed by atoms with van der Waals surface area (Å²) in [7, 11) is 0. The van der Waals surface area contributed by atoms with Gasteiger partial charge in [0, 0.05) is 30.5 Å². The van der Waals surface area contributed by atoms with E-state index in [4.69, 9.17) is 25.5 Å². The highest BCUT2D eigenvalue weighted by molar-refractivity contribution is 6.33. The molecule has 4 rings (SSSR count). The van der Waals surface area contributed by atoms with Crippen LogP contribution in [0.4, 0.5) is 4.79 Å². The molecule has 1 N–H and O–H groups in total. The maximum absolute atomic E-state index is 12.4. The fourth-order valence-corrected chi connectivity index (χ4v) is 4.01. The minimum atomic E-state index is -0.511. The number of rotatable bonds is 10. The van der Waals surface area contributed by atoms with Gasteiger partial charge in [0.15, 0.2) is 5.75 Å². The molecule has 0 aliphatic carbocycles. The van der Waals surface area contributed by atoms with Gasteiger partial charge in [0.1, 0.15) is 12.2 Å². The van der Waals surface area contributed by atoms with Gasteiger partial charge >= 0.3 is 17.7 Å². The van der Waals surface area contributed by atoms with Crippen molar-refractivity contribution in [2.24, 2.45) is 0 Å². The zero-order chi connectivity index (χ0) is 26.0. The van der Waals surface area contributed by atoms with E-state index in [-0.39, 0.29) is 29.4 Å². The minimum absolute atomic E-state index is 0.135. The molecule has 0 radical (unpaired) electrons. The Morgan fingerprint density at radius 3 is 2.38 bits per heavy atom. The highest BCUT2D eigenvalue weighted by atomic mass is 35.5. The Hall–Kier alpha value is -4.10. The predicted molar refractivity (Wildman–Crippen MR) is 142 cm³/mol. The van der Waals surface area contributed by atoms with E-state index in [2.05, 4.69) is 5.32 Å². The summed E-state index contributed by atoms with van der Waals surface area (Å²) in [4.78, 5) is 36.2. The minimum Gasteiger partial charge on any atom is -0.445 e. The second kappa shape index (κ2) is 12.7. The number of alkyl carbamates (subject to hydrolysis) is 1. The van der Waals surface area contributed by atoms with Crippen molar-refractivity contribution in [3.05, 3.63) is 99.9 Å². The first-order valence-electron chi connectivity index (χ1n) is 12.0. The van der Waals surface area contributed by atoms with Crippen LogP contribution in [-0.4, -0.2) is 18.6 Å². The monoisotopic (exact) mass is 519 g/mol. The number of halogens is 1. The first-order chi connectivity index (χ1) is 18.0. The largest absolute Gasteiger partial charge is 0.445 e. The zero-order valence-corrected chi connectivity index (χ0v) is 20.8. The van der Waals surface area contributed by atoms with Crippen LogP contribution < -0.4 is 15.7 Å². The lowest BCUT2D eigenvalue weighted by atomic mass is 10.0. The molecule has 1 aromatic heterocycles. The second-order valence-corrected chi connectivity index (χ2v) is 8.80. The molecule has 1 amide bonds. The standard InChI is InChI=1S/C29H26ClNO6/c30-24-16-23-22(21-12-6-2-7-13-21)17-28(33)36-25(23)18-26(24)37-27(32)14-8-3-9-15-31-29(34)35-19-20-10-4-1-5-11-20/h1-2,4-7,10-13,16-18H,3,8-9,14-15,19H2,(H,31,34). The molecule has 0 aliphatic heterocycles. The van der Waals surface area contributed by atoms with Crippen molar-refractivity contribution in [1.82, 2.24) is 5.32 Å². The molecule has 3 aromatic carbocycles. The van der Waals surface area contributed by atoms with Gasteiger partial charge in [-0.25, -0.2) is 9.59 Å². The van der Waals surface area contributed by atoms with Crippen LogP contribution in [0.3, 0.4) is 0 Å². The number of esters is 1. The van der Waals surface area contributed by atoms with Crippen molar-refractivity contribution in [1.29, 1.82) is 0 Å². The summed E-state index contributed by atoms with van der Waals surface area (Å²) in [6.45, 7) is 0.661. The molecule has 0 saturated heterocycles. The molecule has 190 valence electrons. The fraction of sp³-hybridized carbons (Fsp3) is 0.207. The number of hydrogen-bond acceptors (Lipinski definition) is 6. The average molecular weight is 520 g/mol. The van der Waals surface area contributed by atoms with E-state index in [9.17, 15) is 14.4 Å². The molecule has 4 aromatic rings. The van der Waals surface area contributed by atoms with Crippen LogP contribution in [0.15, 0.2) is 88.1 Å². The third-order valence-electron chi connectivity index (χ3n) is 5.65. The molecule has 7 nitrogen and oxygen atoms in total. The molecule has 0 aliphatic rings. The summed E-state index contributed by atoms with van der Waals surface area (Å²) in [5.74, 6) is -0.312. The Balaban J connectivity index is 1.24. The van der Waals surface area contributed by atoms with Gasteiger partial charge in [-0.1, -0.05) is 78.7 Å². The van der Waals surface area contributed by atoms with Crippen LogP contribution in [0, 0.1) is 0 Å². The molecule has 0 bridgehead atoms. The number of carbonyl (C=O) groups excluding carboxylic acids is 2. The van der Waals surface area contributed by atoms with Gasteiger partial charge in [-0.15, -0.1) is 0 Å². The van der Waals surface area contributed by atoms with Crippen LogP contribution in [-0.2, 0) is 16.1 Å². The lowest BCUT2D eigenvalue weighted by Gasteiger charge is -2.10. The van der Waals surface area contributed by atoms with E-state index in [1.807, 2.05) is 60.7 Å². The number of benzene rings is 3. The molecule has 0 fully saturated rings. The quantitative estimate of drug-likeness (QED) is 0.111. The molecule has 1 heterocycles. The average Bonchev–Trinajstić information content (AvgIpc) is 2.91. The number of fused-ring (bicyclic) bond motifs is 1. The molecule has 37 heavy (non-hydrogen) atoms. The third kappa shape index (κ3) is 7.44. The van der Waals surface area contributed by atoms with Gasteiger partial charge in [0.05, 0.1) is 5.02 Å². The molecule has 0 unspecified atom stereocenters. The number of amides is 1. The highest BCUT2D eigenvalue weighted by Gasteiger charge is 2.15. The zero-order valence-electron chi connectivity index (χ0n) is 20.1. The van der Waals surface area contributed by atoms with E-state index < -0.39 is 17.7 Å². The van der Waals surface area contributed by atoms with Gasteiger partial charge in [0.25, 0.3) is 0 Å². The third-order valence-corrected chi connectivity index (χ3v) is 5.94. The smallest absolute Gasteiger partial charge is 0.407 e. The maximum Gasteiger partial charge on any atom is 0.407 e. The van der Waals surface area contributed by atoms with Gasteiger partial charge in [0.2, 0.25) is 0 Å². The lowest BCUT2D eigenvalue weighted by Crippen LogP contribution is -2.25. The number of carbonyl (C=O) groups is 2. The van der Waals surface area contributed by atoms with Crippen LogP contribution in [0.25, 0.3) is 22.1 Å². The van der Waals surface area contributed by atoms with Crippen LogP contribution in [0.2, 0.25) is 5.02 Å². The normalized spacial score (nSPS) is 10.7. The lowest BCUT2D eigenvalue weighted by molar-refractivity contribution is -0.134. The van der Waals surface area contributed by atoms with Gasteiger partial charge in [-0.3, -0.25) is 4.79 Å². The van der Waals surface area contributed by atoms with E-state index in [0.29, 0.717) is 30.3 Å². The van der Waals surface area contributed by atoms with E-state index in [1.54, 1.807) is 6.07 Å². The van der Waals surface area contributed by atoms with Crippen molar-refractivity contribution in [2.45, 2.75) is 32.3 Å². The SMILES string of the molecule is O=C(CCCCCNC(=O)OCc1ccccc1)Oc1cc2oc(=O)cc(-c3ccccc3)c2cc1Cl. The Morgan fingerprint density at radius 2 is 1.62 bits per heavy atom. The Kier molecular flexibility index (Phi) is 8.94. The molecular formula is C29H26ClNO6. The predicted octanol–water partition coefficient (Wildman–Crippen LogP) is 6.51. The van der Waals surface area contributed by atoms with Crippen molar-refractivity contribution in [2.75, 3.05) is 6.54 Å². The van der Waals surface area contributed by atoms with E-state index in [0.717, 1.165) is 17.5 Å². The summed E-state index contributed by atoms with van der Waals surface area (Å²) in [5, 5.41) is 3.58. The van der Waals surface area contributed by atoms with Crippen LogP contribution >= 0.6 is 11.6 Å². The molecule has 0 spiro atoms. The summed E-state index contributed by atoms with van der Waals surface area (Å²) in [6.07, 6.45) is 1.70. The summed E-state index contributed by atoms with van der Waals surface area (Å²) in [6, 6.07) is 23.4. The van der Waals surface area contributed by atoms with Gasteiger partial charge in [-0.05, 0) is 35.6 Å². The van der Waals surface area contributed by atoms with Crippen molar-refractivity contribution in [3.63, 3.8) is 0 Å².